The van der Waals surface area contributed by atoms with Crippen molar-refractivity contribution in [3.63, 3.8) is 0 Å². The van der Waals surface area contributed by atoms with E-state index in [0.29, 0.717) is 0 Å². The number of likely N-dealkylation sites (tertiary alicyclic amines) is 1. The van der Waals surface area contributed by atoms with E-state index < -0.39 is 0 Å². The molecule has 3 heteroatoms. The highest BCUT2D eigenvalue weighted by atomic mass is 79.9. The molecule has 0 saturated carbocycles. The first-order valence-corrected chi connectivity index (χ1v) is 8.02. The van der Waals surface area contributed by atoms with Gasteiger partial charge in [0.15, 0.2) is 0 Å². The largest absolute Gasteiger partial charge is 0.299 e. The van der Waals surface area contributed by atoms with E-state index in [0.717, 1.165) is 22.0 Å². The molecule has 1 unspecified atom stereocenters. The SMILES string of the molecule is CCC1CCCN(Cc2ccc(Br)cc2Cl)CC1. The molecule has 1 aromatic rings. The Morgan fingerprint density at radius 2 is 2.17 bits per heavy atom. The Labute approximate surface area is 124 Å². The van der Waals surface area contributed by atoms with Crippen LogP contribution < -0.4 is 0 Å². The Kier molecular flexibility index (Phi) is 5.53. The van der Waals surface area contributed by atoms with Gasteiger partial charge in [0, 0.05) is 16.0 Å². The van der Waals surface area contributed by atoms with Crippen molar-refractivity contribution in [2.75, 3.05) is 13.1 Å². The molecule has 1 aliphatic rings. The van der Waals surface area contributed by atoms with Crippen molar-refractivity contribution >= 4 is 27.5 Å². The Morgan fingerprint density at radius 1 is 1.33 bits per heavy atom. The lowest BCUT2D eigenvalue weighted by atomic mass is 9.98. The lowest BCUT2D eigenvalue weighted by molar-refractivity contribution is 0.272. The van der Waals surface area contributed by atoms with Gasteiger partial charge in [0.25, 0.3) is 0 Å². The summed E-state index contributed by atoms with van der Waals surface area (Å²) in [6.45, 7) is 5.72. The molecule has 1 heterocycles. The van der Waals surface area contributed by atoms with Crippen LogP contribution in [0.2, 0.25) is 5.02 Å². The van der Waals surface area contributed by atoms with Crippen molar-refractivity contribution in [3.05, 3.63) is 33.3 Å². The molecule has 0 radical (unpaired) electrons. The van der Waals surface area contributed by atoms with Crippen LogP contribution in [0, 0.1) is 5.92 Å². The summed E-state index contributed by atoms with van der Waals surface area (Å²) >= 11 is 9.74. The molecule has 0 amide bonds. The molecule has 1 aliphatic heterocycles. The maximum Gasteiger partial charge on any atom is 0.0462 e. The zero-order chi connectivity index (χ0) is 13.0. The molecule has 0 spiro atoms. The summed E-state index contributed by atoms with van der Waals surface area (Å²) in [6.07, 6.45) is 5.38. The summed E-state index contributed by atoms with van der Waals surface area (Å²) in [5.41, 5.74) is 1.25. The molecule has 1 aromatic carbocycles. The van der Waals surface area contributed by atoms with Crippen molar-refractivity contribution in [2.24, 2.45) is 5.92 Å². The number of hydrogen-bond acceptors (Lipinski definition) is 1. The van der Waals surface area contributed by atoms with Crippen LogP contribution in [-0.2, 0) is 6.54 Å². The van der Waals surface area contributed by atoms with E-state index in [1.165, 1.54) is 44.3 Å². The molecule has 1 saturated heterocycles. The molecular formula is C15H21BrClN. The summed E-state index contributed by atoms with van der Waals surface area (Å²) in [6, 6.07) is 6.20. The minimum atomic E-state index is 0.876. The van der Waals surface area contributed by atoms with Crippen LogP contribution in [0.1, 0.15) is 38.2 Å². The Morgan fingerprint density at radius 3 is 2.89 bits per heavy atom. The molecule has 0 bridgehead atoms. The fourth-order valence-electron chi connectivity index (χ4n) is 2.68. The number of benzene rings is 1. The van der Waals surface area contributed by atoms with Gasteiger partial charge >= 0.3 is 0 Å². The minimum Gasteiger partial charge on any atom is -0.299 e. The summed E-state index contributed by atoms with van der Waals surface area (Å²) in [4.78, 5) is 2.55. The molecule has 0 aromatic heterocycles. The van der Waals surface area contributed by atoms with Gasteiger partial charge in [-0.15, -0.1) is 0 Å². The Hall–Kier alpha value is -0.0500. The van der Waals surface area contributed by atoms with Crippen LogP contribution >= 0.6 is 27.5 Å². The van der Waals surface area contributed by atoms with Crippen LogP contribution in [0.15, 0.2) is 22.7 Å². The van der Waals surface area contributed by atoms with E-state index in [9.17, 15) is 0 Å². The average Bonchev–Trinajstić information content (AvgIpc) is 2.58. The third-order valence-electron chi connectivity index (χ3n) is 3.93. The molecular weight excluding hydrogens is 310 g/mol. The minimum absolute atomic E-state index is 0.876. The standard InChI is InChI=1S/C15H21BrClN/c1-2-12-4-3-8-18(9-7-12)11-13-5-6-14(16)10-15(13)17/h5-6,10,12H,2-4,7-9,11H2,1H3. The van der Waals surface area contributed by atoms with E-state index in [1.54, 1.807) is 0 Å². The lowest BCUT2D eigenvalue weighted by Crippen LogP contribution is -2.24. The number of nitrogens with zero attached hydrogens (tertiary/aromatic N) is 1. The smallest absolute Gasteiger partial charge is 0.0462 e. The van der Waals surface area contributed by atoms with Crippen LogP contribution in [0.25, 0.3) is 0 Å². The molecule has 1 atom stereocenters. The van der Waals surface area contributed by atoms with E-state index in [1.807, 2.05) is 6.07 Å². The summed E-state index contributed by atoms with van der Waals surface area (Å²) in [5, 5.41) is 0.876. The van der Waals surface area contributed by atoms with Gasteiger partial charge in [0.2, 0.25) is 0 Å². The van der Waals surface area contributed by atoms with E-state index in [2.05, 4.69) is 39.9 Å². The predicted molar refractivity (Wildman–Crippen MR) is 82.1 cm³/mol. The Balaban J connectivity index is 1.96. The highest BCUT2D eigenvalue weighted by Crippen LogP contribution is 2.25. The third kappa shape index (κ3) is 3.97. The van der Waals surface area contributed by atoms with E-state index >= 15 is 0 Å². The second-order valence-electron chi connectivity index (χ2n) is 5.22. The van der Waals surface area contributed by atoms with Crippen molar-refractivity contribution < 1.29 is 0 Å². The van der Waals surface area contributed by atoms with Gasteiger partial charge in [-0.2, -0.15) is 0 Å². The van der Waals surface area contributed by atoms with Crippen LogP contribution in [-0.4, -0.2) is 18.0 Å². The second kappa shape index (κ2) is 6.93. The van der Waals surface area contributed by atoms with Crippen LogP contribution in [0.3, 0.4) is 0 Å². The number of hydrogen-bond donors (Lipinski definition) is 0. The number of halogens is 2. The summed E-state index contributed by atoms with van der Waals surface area (Å²) < 4.78 is 1.05. The molecule has 0 N–H and O–H groups in total. The van der Waals surface area contributed by atoms with Gasteiger partial charge in [0.1, 0.15) is 0 Å². The van der Waals surface area contributed by atoms with Gasteiger partial charge in [0.05, 0.1) is 0 Å². The number of rotatable bonds is 3. The molecule has 1 fully saturated rings. The normalized spacial score (nSPS) is 21.8. The maximum atomic E-state index is 6.29. The van der Waals surface area contributed by atoms with Gasteiger partial charge in [-0.3, -0.25) is 4.90 Å². The van der Waals surface area contributed by atoms with E-state index in [4.69, 9.17) is 11.6 Å². The van der Waals surface area contributed by atoms with Crippen molar-refractivity contribution in [2.45, 2.75) is 39.2 Å². The zero-order valence-electron chi connectivity index (χ0n) is 11.0. The first-order chi connectivity index (χ1) is 8.69. The van der Waals surface area contributed by atoms with Gasteiger partial charge < -0.3 is 0 Å². The first kappa shape index (κ1) is 14.4. The van der Waals surface area contributed by atoms with Crippen LogP contribution in [0.5, 0.6) is 0 Å². The highest BCUT2D eigenvalue weighted by molar-refractivity contribution is 9.10. The second-order valence-corrected chi connectivity index (χ2v) is 6.54. The van der Waals surface area contributed by atoms with Crippen molar-refractivity contribution in [1.29, 1.82) is 0 Å². The fraction of sp³-hybridized carbons (Fsp3) is 0.600. The fourth-order valence-corrected chi connectivity index (χ4v) is 3.42. The molecule has 2 rings (SSSR count). The maximum absolute atomic E-state index is 6.29. The molecule has 100 valence electrons. The van der Waals surface area contributed by atoms with Crippen molar-refractivity contribution in [3.8, 4) is 0 Å². The van der Waals surface area contributed by atoms with Gasteiger partial charge in [-0.25, -0.2) is 0 Å². The van der Waals surface area contributed by atoms with Crippen LogP contribution in [0.4, 0.5) is 0 Å². The van der Waals surface area contributed by atoms with E-state index in [-0.39, 0.29) is 0 Å². The molecule has 0 aliphatic carbocycles. The Bertz CT molecular complexity index is 394. The highest BCUT2D eigenvalue weighted by Gasteiger charge is 2.16. The average molecular weight is 331 g/mol. The van der Waals surface area contributed by atoms with Gasteiger partial charge in [-0.05, 0) is 56.0 Å². The zero-order valence-corrected chi connectivity index (χ0v) is 13.3. The summed E-state index contributed by atoms with van der Waals surface area (Å²) in [5.74, 6) is 0.926. The summed E-state index contributed by atoms with van der Waals surface area (Å²) in [7, 11) is 0. The topological polar surface area (TPSA) is 3.24 Å². The lowest BCUT2D eigenvalue weighted by Gasteiger charge is -2.20. The third-order valence-corrected chi connectivity index (χ3v) is 4.77. The first-order valence-electron chi connectivity index (χ1n) is 6.85. The van der Waals surface area contributed by atoms with Gasteiger partial charge in [-0.1, -0.05) is 46.9 Å². The van der Waals surface area contributed by atoms with Crippen molar-refractivity contribution in [1.82, 2.24) is 4.90 Å². The molecule has 18 heavy (non-hydrogen) atoms. The predicted octanol–water partition coefficient (Wildman–Crippen LogP) is 5.11. The monoisotopic (exact) mass is 329 g/mol. The molecule has 1 nitrogen and oxygen atoms in total. The quantitative estimate of drug-likeness (QED) is 0.744.